The van der Waals surface area contributed by atoms with Gasteiger partial charge in [-0.3, -0.25) is 0 Å². The largest absolute Gasteiger partial charge is 0.486 e. The third-order valence-corrected chi connectivity index (χ3v) is 3.58. The molecule has 0 aromatic heterocycles. The Hall–Kier alpha value is -0.700. The molecule has 0 N–H and O–H groups in total. The van der Waals surface area contributed by atoms with E-state index in [0.29, 0.717) is 19.1 Å². The van der Waals surface area contributed by atoms with Gasteiger partial charge in [0.05, 0.1) is 0 Å². The van der Waals surface area contributed by atoms with E-state index in [0.717, 1.165) is 23.2 Å². The molecule has 2 rings (SSSR count). The monoisotopic (exact) mass is 270 g/mol. The second kappa shape index (κ2) is 4.88. The lowest BCUT2D eigenvalue weighted by Gasteiger charge is -2.21. The summed E-state index contributed by atoms with van der Waals surface area (Å²) in [5.74, 6) is 2.44. The fourth-order valence-corrected chi connectivity index (χ4v) is 1.95. The number of rotatable bonds is 3. The number of hydrogen-bond acceptors (Lipinski definition) is 2. The number of ether oxygens (including phenoxy) is 2. The molecule has 82 valence electrons. The van der Waals surface area contributed by atoms with Gasteiger partial charge in [-0.05, 0) is 24.0 Å². The average Bonchev–Trinajstić information content (AvgIpc) is 2.29. The van der Waals surface area contributed by atoms with Gasteiger partial charge in [-0.15, -0.1) is 0 Å². The van der Waals surface area contributed by atoms with Crippen LogP contribution >= 0.6 is 15.9 Å². The van der Waals surface area contributed by atoms with Crippen molar-refractivity contribution in [3.8, 4) is 11.5 Å². The molecule has 0 radical (unpaired) electrons. The highest BCUT2D eigenvalue weighted by atomic mass is 79.9. The Morgan fingerprint density at radius 2 is 2.13 bits per heavy atom. The first-order valence-corrected chi connectivity index (χ1v) is 6.37. The molecule has 1 heterocycles. The molecule has 15 heavy (non-hydrogen) atoms. The van der Waals surface area contributed by atoms with Gasteiger partial charge in [-0.25, -0.2) is 0 Å². The van der Waals surface area contributed by atoms with E-state index in [1.54, 1.807) is 0 Å². The molecule has 1 aromatic rings. The number of para-hydroxylation sites is 1. The van der Waals surface area contributed by atoms with Crippen LogP contribution in [0.4, 0.5) is 0 Å². The standard InChI is InChI=1S/C12H15BrO2/c1-9(8-13)7-10-3-2-4-11-12(10)15-6-5-14-11/h2-4,9H,5-8H2,1H3. The van der Waals surface area contributed by atoms with Gasteiger partial charge in [0, 0.05) is 5.33 Å². The van der Waals surface area contributed by atoms with Crippen LogP contribution in [0.25, 0.3) is 0 Å². The van der Waals surface area contributed by atoms with Gasteiger partial charge in [0.2, 0.25) is 0 Å². The highest BCUT2D eigenvalue weighted by Crippen LogP contribution is 2.34. The van der Waals surface area contributed by atoms with Crippen molar-refractivity contribution in [2.24, 2.45) is 5.92 Å². The minimum atomic E-state index is 0.613. The zero-order chi connectivity index (χ0) is 10.7. The van der Waals surface area contributed by atoms with Crippen LogP contribution in [-0.2, 0) is 6.42 Å². The minimum absolute atomic E-state index is 0.613. The maximum atomic E-state index is 5.66. The van der Waals surface area contributed by atoms with Crippen LogP contribution in [0.3, 0.4) is 0 Å². The lowest BCUT2D eigenvalue weighted by atomic mass is 10.0. The fraction of sp³-hybridized carbons (Fsp3) is 0.500. The van der Waals surface area contributed by atoms with Crippen molar-refractivity contribution in [1.29, 1.82) is 0 Å². The van der Waals surface area contributed by atoms with E-state index in [1.807, 2.05) is 12.1 Å². The number of benzene rings is 1. The van der Waals surface area contributed by atoms with Crippen molar-refractivity contribution < 1.29 is 9.47 Å². The van der Waals surface area contributed by atoms with Gasteiger partial charge in [0.15, 0.2) is 11.5 Å². The Morgan fingerprint density at radius 1 is 1.33 bits per heavy atom. The van der Waals surface area contributed by atoms with Gasteiger partial charge in [0.25, 0.3) is 0 Å². The highest BCUT2D eigenvalue weighted by Gasteiger charge is 2.16. The van der Waals surface area contributed by atoms with Gasteiger partial charge in [-0.1, -0.05) is 35.0 Å². The van der Waals surface area contributed by atoms with Gasteiger partial charge in [-0.2, -0.15) is 0 Å². The molecule has 0 saturated carbocycles. The Bertz CT molecular complexity index is 338. The third-order valence-electron chi connectivity index (χ3n) is 2.48. The number of fused-ring (bicyclic) bond motifs is 1. The lowest BCUT2D eigenvalue weighted by molar-refractivity contribution is 0.169. The maximum Gasteiger partial charge on any atom is 0.164 e. The number of alkyl halides is 1. The van der Waals surface area contributed by atoms with Crippen molar-refractivity contribution in [3.63, 3.8) is 0 Å². The highest BCUT2D eigenvalue weighted by molar-refractivity contribution is 9.09. The molecule has 1 aliphatic rings. The second-order valence-corrected chi connectivity index (χ2v) is 4.55. The summed E-state index contributed by atoms with van der Waals surface area (Å²) in [6.45, 7) is 3.54. The van der Waals surface area contributed by atoms with Crippen LogP contribution in [0.5, 0.6) is 11.5 Å². The van der Waals surface area contributed by atoms with Crippen molar-refractivity contribution >= 4 is 15.9 Å². The summed E-state index contributed by atoms with van der Waals surface area (Å²) in [5.41, 5.74) is 1.25. The SMILES string of the molecule is CC(CBr)Cc1cccc2c1OCCO2. The molecule has 1 unspecified atom stereocenters. The van der Waals surface area contributed by atoms with Gasteiger partial charge >= 0.3 is 0 Å². The van der Waals surface area contributed by atoms with Crippen LogP contribution in [0.15, 0.2) is 18.2 Å². The van der Waals surface area contributed by atoms with E-state index in [2.05, 4.69) is 28.9 Å². The third kappa shape index (κ3) is 2.46. The summed E-state index contributed by atoms with van der Waals surface area (Å²) < 4.78 is 11.2. The van der Waals surface area contributed by atoms with Gasteiger partial charge in [0.1, 0.15) is 13.2 Å². The molecular weight excluding hydrogens is 256 g/mol. The zero-order valence-corrected chi connectivity index (χ0v) is 10.4. The van der Waals surface area contributed by atoms with Crippen LogP contribution in [-0.4, -0.2) is 18.5 Å². The zero-order valence-electron chi connectivity index (χ0n) is 8.83. The van der Waals surface area contributed by atoms with E-state index < -0.39 is 0 Å². The normalized spacial score (nSPS) is 16.1. The number of halogens is 1. The topological polar surface area (TPSA) is 18.5 Å². The molecule has 0 amide bonds. The maximum absolute atomic E-state index is 5.66. The van der Waals surface area contributed by atoms with E-state index in [1.165, 1.54) is 5.56 Å². The Morgan fingerprint density at radius 3 is 2.93 bits per heavy atom. The van der Waals surface area contributed by atoms with Gasteiger partial charge < -0.3 is 9.47 Å². The van der Waals surface area contributed by atoms with Crippen LogP contribution in [0.1, 0.15) is 12.5 Å². The Kier molecular flexibility index (Phi) is 3.52. The molecule has 1 aliphatic heterocycles. The van der Waals surface area contributed by atoms with E-state index >= 15 is 0 Å². The molecule has 0 aliphatic carbocycles. The van der Waals surface area contributed by atoms with E-state index in [9.17, 15) is 0 Å². The van der Waals surface area contributed by atoms with E-state index in [4.69, 9.17) is 9.47 Å². The molecule has 0 saturated heterocycles. The fourth-order valence-electron chi connectivity index (χ4n) is 1.72. The van der Waals surface area contributed by atoms with E-state index in [-0.39, 0.29) is 0 Å². The first-order chi connectivity index (χ1) is 7.31. The predicted octanol–water partition coefficient (Wildman–Crippen LogP) is 3.03. The average molecular weight is 271 g/mol. The summed E-state index contributed by atoms with van der Waals surface area (Å²) in [7, 11) is 0. The lowest BCUT2D eigenvalue weighted by Crippen LogP contribution is -2.17. The molecular formula is C12H15BrO2. The predicted molar refractivity (Wildman–Crippen MR) is 64.1 cm³/mol. The second-order valence-electron chi connectivity index (χ2n) is 3.90. The molecule has 2 nitrogen and oxygen atoms in total. The van der Waals surface area contributed by atoms with Crippen molar-refractivity contribution in [2.75, 3.05) is 18.5 Å². The summed E-state index contributed by atoms with van der Waals surface area (Å²) in [5, 5.41) is 1.01. The summed E-state index contributed by atoms with van der Waals surface area (Å²) in [4.78, 5) is 0. The smallest absolute Gasteiger partial charge is 0.164 e. The van der Waals surface area contributed by atoms with Crippen molar-refractivity contribution in [3.05, 3.63) is 23.8 Å². The molecule has 0 fully saturated rings. The summed E-state index contributed by atoms with van der Waals surface area (Å²) in [6.07, 6.45) is 1.03. The van der Waals surface area contributed by atoms with Crippen LogP contribution < -0.4 is 9.47 Å². The molecule has 0 spiro atoms. The van der Waals surface area contributed by atoms with Crippen molar-refractivity contribution in [2.45, 2.75) is 13.3 Å². The summed E-state index contributed by atoms with van der Waals surface area (Å²) >= 11 is 3.50. The minimum Gasteiger partial charge on any atom is -0.486 e. The molecule has 1 atom stereocenters. The molecule has 3 heteroatoms. The Balaban J connectivity index is 2.23. The quantitative estimate of drug-likeness (QED) is 0.787. The Labute approximate surface area is 98.7 Å². The molecule has 1 aromatic carbocycles. The van der Waals surface area contributed by atoms with Crippen LogP contribution in [0, 0.1) is 5.92 Å². The first kappa shape index (κ1) is 10.8. The molecule has 0 bridgehead atoms. The van der Waals surface area contributed by atoms with Crippen molar-refractivity contribution in [1.82, 2.24) is 0 Å². The van der Waals surface area contributed by atoms with Crippen LogP contribution in [0.2, 0.25) is 0 Å². The summed E-state index contributed by atoms with van der Waals surface area (Å²) in [6, 6.07) is 6.12. The number of hydrogen-bond donors (Lipinski definition) is 0. The first-order valence-electron chi connectivity index (χ1n) is 5.24.